The van der Waals surface area contributed by atoms with E-state index in [1.165, 1.54) is 0 Å². The van der Waals surface area contributed by atoms with Gasteiger partial charge in [-0.3, -0.25) is 9.36 Å². The van der Waals surface area contributed by atoms with Crippen molar-refractivity contribution in [3.05, 3.63) is 42.5 Å². The van der Waals surface area contributed by atoms with Crippen molar-refractivity contribution >= 4 is 5.91 Å². The highest BCUT2D eigenvalue weighted by Gasteiger charge is 2.39. The average Bonchev–Trinajstić information content (AvgIpc) is 3.33. The molecule has 1 aromatic heterocycles. The number of rotatable bonds is 3. The van der Waals surface area contributed by atoms with Gasteiger partial charge < -0.3 is 14.7 Å². The fourth-order valence-corrected chi connectivity index (χ4v) is 3.92. The second kappa shape index (κ2) is 6.93. The molecule has 3 atom stereocenters. The summed E-state index contributed by atoms with van der Waals surface area (Å²) < 4.78 is 7.40. The molecule has 25 heavy (non-hydrogen) atoms. The Balaban J connectivity index is 1.54. The number of benzene rings is 1. The lowest BCUT2D eigenvalue weighted by atomic mass is 9.93. The molecule has 0 radical (unpaired) electrons. The number of morpholine rings is 1. The molecule has 2 heterocycles. The second-order valence-electron chi connectivity index (χ2n) is 6.72. The van der Waals surface area contributed by atoms with Gasteiger partial charge in [0.2, 0.25) is 0 Å². The number of hydrogen-bond acceptors (Lipinski definition) is 5. The standard InChI is InChI=1S/C18H22N4O3/c23-17-3-1-2-15(17)16-10-25-9-8-22(16)18(24)13-4-6-14(7-5-13)21-11-19-20-12-21/h4-7,11-12,15-17,23H,1-3,8-10H2/t15-,16-,17-/m1/s1. The quantitative estimate of drug-likeness (QED) is 0.908. The number of nitrogens with zero attached hydrogens (tertiary/aromatic N) is 4. The van der Waals surface area contributed by atoms with Gasteiger partial charge in [-0.2, -0.15) is 0 Å². The minimum absolute atomic E-state index is 0.00251. The number of carbonyl (C=O) groups is 1. The monoisotopic (exact) mass is 342 g/mol. The molecule has 1 saturated carbocycles. The fourth-order valence-electron chi connectivity index (χ4n) is 3.92. The molecule has 0 spiro atoms. The minimum Gasteiger partial charge on any atom is -0.393 e. The smallest absolute Gasteiger partial charge is 0.254 e. The first-order valence-corrected chi connectivity index (χ1v) is 8.76. The summed E-state index contributed by atoms with van der Waals surface area (Å²) in [6.45, 7) is 1.62. The molecule has 7 nitrogen and oxygen atoms in total. The normalized spacial score (nSPS) is 26.8. The zero-order valence-electron chi connectivity index (χ0n) is 14.0. The van der Waals surface area contributed by atoms with Crippen molar-refractivity contribution in [2.45, 2.75) is 31.4 Å². The van der Waals surface area contributed by atoms with Crippen LogP contribution in [0.15, 0.2) is 36.9 Å². The van der Waals surface area contributed by atoms with Gasteiger partial charge in [-0.1, -0.05) is 6.42 Å². The summed E-state index contributed by atoms with van der Waals surface area (Å²) in [5, 5.41) is 17.8. The van der Waals surface area contributed by atoms with E-state index in [1.54, 1.807) is 17.2 Å². The molecule has 2 aromatic rings. The Bertz CT molecular complexity index is 716. The highest BCUT2D eigenvalue weighted by Crippen LogP contribution is 2.32. The Morgan fingerprint density at radius 3 is 2.60 bits per heavy atom. The molecule has 0 bridgehead atoms. The number of aliphatic hydroxyl groups is 1. The first-order chi connectivity index (χ1) is 12.2. The third-order valence-electron chi connectivity index (χ3n) is 5.28. The van der Waals surface area contributed by atoms with Gasteiger partial charge in [0.15, 0.2) is 0 Å². The Hall–Kier alpha value is -2.25. The molecule has 1 amide bonds. The van der Waals surface area contributed by atoms with Crippen molar-refractivity contribution in [3.63, 3.8) is 0 Å². The number of carbonyl (C=O) groups excluding carboxylic acids is 1. The zero-order valence-corrected chi connectivity index (χ0v) is 14.0. The predicted molar refractivity (Wildman–Crippen MR) is 90.4 cm³/mol. The van der Waals surface area contributed by atoms with E-state index < -0.39 is 0 Å². The van der Waals surface area contributed by atoms with Crippen molar-refractivity contribution < 1.29 is 14.6 Å². The molecular weight excluding hydrogens is 320 g/mol. The molecule has 1 saturated heterocycles. The van der Waals surface area contributed by atoms with Crippen LogP contribution in [0.3, 0.4) is 0 Å². The SMILES string of the molecule is O=C(c1ccc(-n2cnnc2)cc1)N1CCOC[C@@H]1[C@H]1CCC[C@H]1O. The van der Waals surface area contributed by atoms with E-state index in [0.29, 0.717) is 25.3 Å². The average molecular weight is 342 g/mol. The number of amides is 1. The second-order valence-corrected chi connectivity index (χ2v) is 6.72. The van der Waals surface area contributed by atoms with Crippen LogP contribution in [-0.4, -0.2) is 62.6 Å². The Labute approximate surface area is 146 Å². The van der Waals surface area contributed by atoms with Crippen LogP contribution < -0.4 is 0 Å². The van der Waals surface area contributed by atoms with E-state index in [4.69, 9.17) is 4.74 Å². The van der Waals surface area contributed by atoms with Crippen molar-refractivity contribution in [2.75, 3.05) is 19.8 Å². The van der Waals surface area contributed by atoms with Crippen LogP contribution in [0, 0.1) is 5.92 Å². The van der Waals surface area contributed by atoms with Crippen molar-refractivity contribution in [1.29, 1.82) is 0 Å². The van der Waals surface area contributed by atoms with Crippen LogP contribution in [0.2, 0.25) is 0 Å². The van der Waals surface area contributed by atoms with Crippen LogP contribution in [-0.2, 0) is 4.74 Å². The summed E-state index contributed by atoms with van der Waals surface area (Å²) in [4.78, 5) is 14.9. The molecule has 2 fully saturated rings. The van der Waals surface area contributed by atoms with E-state index in [2.05, 4.69) is 10.2 Å². The zero-order chi connectivity index (χ0) is 17.2. The highest BCUT2D eigenvalue weighted by atomic mass is 16.5. The van der Waals surface area contributed by atoms with E-state index in [1.807, 2.05) is 29.2 Å². The molecular formula is C18H22N4O3. The van der Waals surface area contributed by atoms with Gasteiger partial charge in [0.1, 0.15) is 12.7 Å². The van der Waals surface area contributed by atoms with Gasteiger partial charge >= 0.3 is 0 Å². The summed E-state index contributed by atoms with van der Waals surface area (Å²) in [5.74, 6) is 0.114. The Morgan fingerprint density at radius 1 is 1.16 bits per heavy atom. The molecule has 132 valence electrons. The predicted octanol–water partition coefficient (Wildman–Crippen LogP) is 1.27. The van der Waals surface area contributed by atoms with Gasteiger partial charge in [-0.25, -0.2) is 0 Å². The molecule has 1 aliphatic heterocycles. The van der Waals surface area contributed by atoms with Crippen molar-refractivity contribution in [2.24, 2.45) is 5.92 Å². The van der Waals surface area contributed by atoms with Crippen LogP contribution in [0.25, 0.3) is 5.69 Å². The lowest BCUT2D eigenvalue weighted by molar-refractivity contribution is -0.0383. The maximum atomic E-state index is 13.0. The van der Waals surface area contributed by atoms with Crippen LogP contribution in [0.4, 0.5) is 0 Å². The third-order valence-corrected chi connectivity index (χ3v) is 5.28. The van der Waals surface area contributed by atoms with Crippen LogP contribution >= 0.6 is 0 Å². The first kappa shape index (κ1) is 16.2. The summed E-state index contributed by atoms with van der Waals surface area (Å²) in [7, 11) is 0. The lowest BCUT2D eigenvalue weighted by Gasteiger charge is -2.40. The first-order valence-electron chi connectivity index (χ1n) is 8.76. The summed E-state index contributed by atoms with van der Waals surface area (Å²) >= 11 is 0. The van der Waals surface area contributed by atoms with E-state index in [-0.39, 0.29) is 24.0 Å². The number of ether oxygens (including phenoxy) is 1. The largest absolute Gasteiger partial charge is 0.393 e. The Morgan fingerprint density at radius 2 is 1.92 bits per heavy atom. The molecule has 1 N–H and O–H groups in total. The summed E-state index contributed by atoms with van der Waals surface area (Å²) in [6, 6.07) is 7.38. The molecule has 1 aliphatic carbocycles. The Kier molecular flexibility index (Phi) is 4.50. The van der Waals surface area contributed by atoms with Gasteiger partial charge in [0.25, 0.3) is 5.91 Å². The van der Waals surface area contributed by atoms with Gasteiger partial charge in [0.05, 0.1) is 25.4 Å². The van der Waals surface area contributed by atoms with E-state index in [0.717, 1.165) is 24.9 Å². The fraction of sp³-hybridized carbons (Fsp3) is 0.500. The van der Waals surface area contributed by atoms with E-state index in [9.17, 15) is 9.90 Å². The lowest BCUT2D eigenvalue weighted by Crippen LogP contribution is -2.53. The maximum Gasteiger partial charge on any atom is 0.254 e. The summed E-state index contributed by atoms with van der Waals surface area (Å²) in [6.07, 6.45) is 5.69. The third kappa shape index (κ3) is 3.17. The van der Waals surface area contributed by atoms with Crippen LogP contribution in [0.5, 0.6) is 0 Å². The molecule has 0 unspecified atom stereocenters. The van der Waals surface area contributed by atoms with Crippen molar-refractivity contribution in [1.82, 2.24) is 19.7 Å². The van der Waals surface area contributed by atoms with E-state index >= 15 is 0 Å². The summed E-state index contributed by atoms with van der Waals surface area (Å²) in [5.41, 5.74) is 1.56. The van der Waals surface area contributed by atoms with Crippen LogP contribution in [0.1, 0.15) is 29.6 Å². The van der Waals surface area contributed by atoms with Crippen molar-refractivity contribution in [3.8, 4) is 5.69 Å². The van der Waals surface area contributed by atoms with Gasteiger partial charge in [-0.05, 0) is 37.1 Å². The number of hydrogen-bond donors (Lipinski definition) is 1. The van der Waals surface area contributed by atoms with Gasteiger partial charge in [0, 0.05) is 23.7 Å². The minimum atomic E-state index is -0.335. The maximum absolute atomic E-state index is 13.0. The highest BCUT2D eigenvalue weighted by molar-refractivity contribution is 5.94. The van der Waals surface area contributed by atoms with Gasteiger partial charge in [-0.15, -0.1) is 10.2 Å². The molecule has 7 heteroatoms. The topological polar surface area (TPSA) is 80.5 Å². The molecule has 4 rings (SSSR count). The molecule has 2 aliphatic rings. The molecule has 1 aromatic carbocycles. The number of aliphatic hydroxyl groups excluding tert-OH is 1. The number of aromatic nitrogens is 3.